The molecule has 2 amide bonds. The number of hydrogen-bond acceptors (Lipinski definition) is 5. The van der Waals surface area contributed by atoms with Crippen molar-refractivity contribution in [1.82, 2.24) is 5.16 Å². The average Bonchev–Trinajstić information content (AvgIpc) is 3.08. The molecular weight excluding hydrogens is 374 g/mol. The summed E-state index contributed by atoms with van der Waals surface area (Å²) in [6, 6.07) is 16.5. The third-order valence-electron chi connectivity index (χ3n) is 3.99. The van der Waals surface area contributed by atoms with Gasteiger partial charge in [-0.05, 0) is 57.2 Å². The number of hydrogen-bond donors (Lipinski definition) is 2. The molecule has 1 atom stereocenters. The summed E-state index contributed by atoms with van der Waals surface area (Å²) in [5.74, 6) is 0.731. The lowest BCUT2D eigenvalue weighted by Crippen LogP contribution is -2.22. The third kappa shape index (κ3) is 5.23. The summed E-state index contributed by atoms with van der Waals surface area (Å²) in [6.45, 7) is 5.56. The molecule has 6 nitrogen and oxygen atoms in total. The first-order chi connectivity index (χ1) is 13.4. The molecule has 1 aromatic heterocycles. The van der Waals surface area contributed by atoms with E-state index in [1.54, 1.807) is 25.1 Å². The molecule has 2 aromatic carbocycles. The van der Waals surface area contributed by atoms with Crippen molar-refractivity contribution in [2.75, 3.05) is 10.6 Å². The van der Waals surface area contributed by atoms with Gasteiger partial charge in [0.15, 0.2) is 5.82 Å². The van der Waals surface area contributed by atoms with Crippen molar-refractivity contribution >= 4 is 35.1 Å². The number of aromatic nitrogens is 1. The van der Waals surface area contributed by atoms with Crippen molar-refractivity contribution in [1.29, 1.82) is 0 Å². The largest absolute Gasteiger partial charge is 0.360 e. The van der Waals surface area contributed by atoms with Crippen LogP contribution in [0, 0.1) is 13.8 Å². The molecular formula is C21H21N3O3S. The Morgan fingerprint density at radius 1 is 1.00 bits per heavy atom. The van der Waals surface area contributed by atoms with Crippen LogP contribution in [0.1, 0.15) is 28.6 Å². The van der Waals surface area contributed by atoms with Crippen molar-refractivity contribution in [3.8, 4) is 0 Å². The molecule has 1 unspecified atom stereocenters. The van der Waals surface area contributed by atoms with Crippen LogP contribution in [0.25, 0.3) is 0 Å². The zero-order valence-electron chi connectivity index (χ0n) is 15.9. The van der Waals surface area contributed by atoms with E-state index in [0.29, 0.717) is 22.8 Å². The zero-order chi connectivity index (χ0) is 20.1. The summed E-state index contributed by atoms with van der Waals surface area (Å²) < 4.78 is 4.94. The molecule has 0 saturated carbocycles. The molecule has 0 bridgehead atoms. The van der Waals surface area contributed by atoms with Gasteiger partial charge in [0.2, 0.25) is 5.91 Å². The lowest BCUT2D eigenvalue weighted by atomic mass is 10.1. The summed E-state index contributed by atoms with van der Waals surface area (Å²) in [6.07, 6.45) is 0. The van der Waals surface area contributed by atoms with Gasteiger partial charge in [-0.15, -0.1) is 11.8 Å². The van der Waals surface area contributed by atoms with Crippen LogP contribution in [-0.2, 0) is 4.79 Å². The van der Waals surface area contributed by atoms with Gasteiger partial charge in [-0.1, -0.05) is 22.9 Å². The van der Waals surface area contributed by atoms with Gasteiger partial charge >= 0.3 is 0 Å². The SMILES string of the molecule is Cc1ccc(C(=O)Nc2ccc(SC(C)C(=O)Nc3cc(C)on3)cc2)cc1. The predicted octanol–water partition coefficient (Wildman–Crippen LogP) is 4.66. The topological polar surface area (TPSA) is 84.2 Å². The molecule has 0 fully saturated rings. The summed E-state index contributed by atoms with van der Waals surface area (Å²) in [5, 5.41) is 9.03. The minimum absolute atomic E-state index is 0.156. The minimum Gasteiger partial charge on any atom is -0.360 e. The van der Waals surface area contributed by atoms with Crippen LogP contribution in [0.4, 0.5) is 11.5 Å². The fraction of sp³-hybridized carbons (Fsp3) is 0.190. The van der Waals surface area contributed by atoms with E-state index in [0.717, 1.165) is 10.5 Å². The number of amides is 2. The van der Waals surface area contributed by atoms with E-state index in [-0.39, 0.29) is 17.1 Å². The molecule has 28 heavy (non-hydrogen) atoms. The van der Waals surface area contributed by atoms with Gasteiger partial charge in [-0.25, -0.2) is 0 Å². The molecule has 1 heterocycles. The smallest absolute Gasteiger partial charge is 0.255 e. The van der Waals surface area contributed by atoms with Gasteiger partial charge in [0.25, 0.3) is 5.91 Å². The number of anilines is 2. The summed E-state index contributed by atoms with van der Waals surface area (Å²) >= 11 is 1.42. The van der Waals surface area contributed by atoms with E-state index in [1.807, 2.05) is 50.2 Å². The molecule has 0 spiro atoms. The number of carbonyl (C=O) groups excluding carboxylic acids is 2. The maximum absolute atomic E-state index is 12.3. The Morgan fingerprint density at radius 3 is 2.29 bits per heavy atom. The van der Waals surface area contributed by atoms with E-state index in [9.17, 15) is 9.59 Å². The van der Waals surface area contributed by atoms with Crippen molar-refractivity contribution < 1.29 is 14.1 Å². The van der Waals surface area contributed by atoms with Gasteiger partial charge in [0, 0.05) is 22.2 Å². The number of thioether (sulfide) groups is 1. The molecule has 3 aromatic rings. The van der Waals surface area contributed by atoms with Crippen LogP contribution < -0.4 is 10.6 Å². The molecule has 2 N–H and O–H groups in total. The molecule has 144 valence electrons. The second kappa shape index (κ2) is 8.75. The van der Waals surface area contributed by atoms with E-state index in [4.69, 9.17) is 4.52 Å². The van der Waals surface area contributed by atoms with Gasteiger partial charge in [0.1, 0.15) is 5.76 Å². The van der Waals surface area contributed by atoms with Crippen molar-refractivity contribution in [3.05, 3.63) is 71.5 Å². The summed E-state index contributed by atoms with van der Waals surface area (Å²) in [5.41, 5.74) is 2.41. The first-order valence-electron chi connectivity index (χ1n) is 8.79. The van der Waals surface area contributed by atoms with Crippen molar-refractivity contribution in [2.24, 2.45) is 0 Å². The van der Waals surface area contributed by atoms with E-state index < -0.39 is 0 Å². The second-order valence-corrected chi connectivity index (χ2v) is 7.83. The number of nitrogens with one attached hydrogen (secondary N) is 2. The lowest BCUT2D eigenvalue weighted by Gasteiger charge is -2.11. The Balaban J connectivity index is 1.55. The molecule has 3 rings (SSSR count). The first-order valence-corrected chi connectivity index (χ1v) is 9.67. The Kier molecular flexibility index (Phi) is 6.16. The van der Waals surface area contributed by atoms with Crippen LogP contribution in [-0.4, -0.2) is 22.2 Å². The Morgan fingerprint density at radius 2 is 1.68 bits per heavy atom. The van der Waals surface area contributed by atoms with Crippen LogP contribution in [0.5, 0.6) is 0 Å². The number of benzene rings is 2. The summed E-state index contributed by atoms with van der Waals surface area (Å²) in [7, 11) is 0. The highest BCUT2D eigenvalue weighted by Gasteiger charge is 2.16. The Hall–Kier alpha value is -3.06. The molecule has 7 heteroatoms. The standard InChI is InChI=1S/C21H21N3O3S/c1-13-4-6-16(7-5-13)21(26)22-17-8-10-18(11-9-17)28-15(3)20(25)23-19-12-14(2)27-24-19/h4-12,15H,1-3H3,(H,22,26)(H,23,24,25). The molecule has 0 aliphatic rings. The van der Waals surface area contributed by atoms with E-state index in [1.165, 1.54) is 11.8 Å². The fourth-order valence-corrected chi connectivity index (χ4v) is 3.30. The van der Waals surface area contributed by atoms with Crippen LogP contribution in [0.15, 0.2) is 64.0 Å². The highest BCUT2D eigenvalue weighted by molar-refractivity contribution is 8.00. The number of nitrogens with zero attached hydrogens (tertiary/aromatic N) is 1. The third-order valence-corrected chi connectivity index (χ3v) is 5.10. The monoisotopic (exact) mass is 395 g/mol. The first kappa shape index (κ1) is 19.7. The van der Waals surface area contributed by atoms with E-state index >= 15 is 0 Å². The molecule has 0 aliphatic heterocycles. The second-order valence-electron chi connectivity index (χ2n) is 6.42. The van der Waals surface area contributed by atoms with Crippen LogP contribution >= 0.6 is 11.8 Å². The number of aryl methyl sites for hydroxylation is 2. The van der Waals surface area contributed by atoms with Crippen molar-refractivity contribution in [3.63, 3.8) is 0 Å². The normalized spacial score (nSPS) is 11.7. The van der Waals surface area contributed by atoms with Crippen LogP contribution in [0.2, 0.25) is 0 Å². The molecule has 0 radical (unpaired) electrons. The zero-order valence-corrected chi connectivity index (χ0v) is 16.7. The highest BCUT2D eigenvalue weighted by atomic mass is 32.2. The fourth-order valence-electron chi connectivity index (χ4n) is 2.44. The van der Waals surface area contributed by atoms with Gasteiger partial charge in [-0.3, -0.25) is 9.59 Å². The predicted molar refractivity (Wildman–Crippen MR) is 111 cm³/mol. The van der Waals surface area contributed by atoms with Gasteiger partial charge < -0.3 is 15.2 Å². The highest BCUT2D eigenvalue weighted by Crippen LogP contribution is 2.26. The molecule has 0 saturated heterocycles. The average molecular weight is 395 g/mol. The maximum Gasteiger partial charge on any atom is 0.255 e. The number of rotatable bonds is 6. The number of carbonyl (C=O) groups is 2. The van der Waals surface area contributed by atoms with Gasteiger partial charge in [0.05, 0.1) is 5.25 Å². The summed E-state index contributed by atoms with van der Waals surface area (Å²) in [4.78, 5) is 25.4. The lowest BCUT2D eigenvalue weighted by molar-refractivity contribution is -0.115. The van der Waals surface area contributed by atoms with Gasteiger partial charge in [-0.2, -0.15) is 0 Å². The Labute approximate surface area is 167 Å². The maximum atomic E-state index is 12.3. The molecule has 0 aliphatic carbocycles. The minimum atomic E-state index is -0.315. The van der Waals surface area contributed by atoms with Crippen molar-refractivity contribution in [2.45, 2.75) is 30.9 Å². The van der Waals surface area contributed by atoms with E-state index in [2.05, 4.69) is 15.8 Å². The quantitative estimate of drug-likeness (QED) is 0.593. The van der Waals surface area contributed by atoms with Crippen LogP contribution in [0.3, 0.4) is 0 Å². The Bertz CT molecular complexity index is 965.